The average molecular weight is 262 g/mol. The van der Waals surface area contributed by atoms with Gasteiger partial charge in [0.2, 0.25) is 0 Å². The highest BCUT2D eigenvalue weighted by molar-refractivity contribution is 7.15. The van der Waals surface area contributed by atoms with E-state index in [9.17, 15) is 4.79 Å². The second-order valence-corrected chi connectivity index (χ2v) is 4.90. The molecule has 0 bridgehead atoms. The Morgan fingerprint density at radius 1 is 1.62 bits per heavy atom. The van der Waals surface area contributed by atoms with E-state index in [0.717, 1.165) is 30.8 Å². The van der Waals surface area contributed by atoms with Crippen molar-refractivity contribution in [2.24, 2.45) is 0 Å². The Balaban J connectivity index is 1.86. The smallest absolute Gasteiger partial charge is 0.275 e. The predicted octanol–water partition coefficient (Wildman–Crippen LogP) is 2.56. The zero-order valence-electron chi connectivity index (χ0n) is 8.65. The third-order valence-electron chi connectivity index (χ3n) is 2.36. The maximum absolute atomic E-state index is 10.6. The Bertz CT molecular complexity index is 363. The molecule has 0 saturated carbocycles. The van der Waals surface area contributed by atoms with Crippen molar-refractivity contribution in [1.29, 1.82) is 0 Å². The summed E-state index contributed by atoms with van der Waals surface area (Å²) in [5.41, 5.74) is 0. The molecule has 0 amide bonds. The van der Waals surface area contributed by atoms with E-state index in [0.29, 0.717) is 23.0 Å². The zero-order chi connectivity index (χ0) is 11.4. The van der Waals surface area contributed by atoms with Crippen LogP contribution in [0.15, 0.2) is 0 Å². The van der Waals surface area contributed by atoms with Crippen molar-refractivity contribution in [2.75, 3.05) is 13.2 Å². The van der Waals surface area contributed by atoms with Crippen LogP contribution in [-0.2, 0) is 4.74 Å². The number of ether oxygens (including phenoxy) is 2. The second kappa shape index (κ2) is 5.61. The van der Waals surface area contributed by atoms with Gasteiger partial charge in [-0.25, -0.2) is 0 Å². The lowest BCUT2D eigenvalue weighted by Crippen LogP contribution is -2.25. The Labute approximate surface area is 103 Å². The molecule has 0 radical (unpaired) electrons. The molecule has 1 fully saturated rings. The Hall–Kier alpha value is -0.650. The number of aldehydes is 1. The van der Waals surface area contributed by atoms with Crippen LogP contribution >= 0.6 is 22.9 Å². The van der Waals surface area contributed by atoms with Crippen LogP contribution in [0, 0.1) is 0 Å². The first-order chi connectivity index (χ1) is 7.79. The quantitative estimate of drug-likeness (QED) is 0.782. The van der Waals surface area contributed by atoms with Crippen molar-refractivity contribution < 1.29 is 14.3 Å². The van der Waals surface area contributed by atoms with Gasteiger partial charge < -0.3 is 9.47 Å². The SMILES string of the molecule is O=Cc1sc(OCC2CCCCO2)nc1Cl. The summed E-state index contributed by atoms with van der Waals surface area (Å²) >= 11 is 6.88. The molecule has 1 aromatic heterocycles. The third kappa shape index (κ3) is 2.93. The Morgan fingerprint density at radius 3 is 3.12 bits per heavy atom. The number of thiazole rings is 1. The first kappa shape index (κ1) is 11.8. The van der Waals surface area contributed by atoms with Gasteiger partial charge in [-0.3, -0.25) is 4.79 Å². The van der Waals surface area contributed by atoms with Gasteiger partial charge in [-0.2, -0.15) is 4.98 Å². The van der Waals surface area contributed by atoms with Crippen LogP contribution in [0.25, 0.3) is 0 Å². The molecule has 2 heterocycles. The number of aromatic nitrogens is 1. The number of halogens is 1. The number of hydrogen-bond donors (Lipinski definition) is 0. The first-order valence-corrected chi connectivity index (χ1v) is 6.35. The van der Waals surface area contributed by atoms with Gasteiger partial charge in [-0.1, -0.05) is 22.9 Å². The summed E-state index contributed by atoms with van der Waals surface area (Å²) in [6.07, 6.45) is 4.13. The highest BCUT2D eigenvalue weighted by Crippen LogP contribution is 2.27. The summed E-state index contributed by atoms with van der Waals surface area (Å²) < 4.78 is 11.0. The van der Waals surface area contributed by atoms with Crippen LogP contribution in [0.2, 0.25) is 5.15 Å². The van der Waals surface area contributed by atoms with E-state index in [1.807, 2.05) is 0 Å². The van der Waals surface area contributed by atoms with Gasteiger partial charge in [0.1, 0.15) is 11.5 Å². The molecule has 16 heavy (non-hydrogen) atoms. The summed E-state index contributed by atoms with van der Waals surface area (Å²) in [7, 11) is 0. The number of carbonyl (C=O) groups excluding carboxylic acids is 1. The minimum Gasteiger partial charge on any atom is -0.467 e. The van der Waals surface area contributed by atoms with Gasteiger partial charge in [0.05, 0.1) is 6.10 Å². The number of carbonyl (C=O) groups is 1. The Kier molecular flexibility index (Phi) is 4.15. The molecule has 2 rings (SSSR count). The molecule has 4 nitrogen and oxygen atoms in total. The molecule has 1 saturated heterocycles. The third-order valence-corrected chi connectivity index (χ3v) is 3.66. The van der Waals surface area contributed by atoms with Crippen molar-refractivity contribution in [1.82, 2.24) is 4.98 Å². The van der Waals surface area contributed by atoms with E-state index in [2.05, 4.69) is 4.98 Å². The molecular formula is C10H12ClNO3S. The molecule has 0 aromatic carbocycles. The molecule has 1 aliphatic rings. The molecule has 0 N–H and O–H groups in total. The van der Waals surface area contributed by atoms with Gasteiger partial charge >= 0.3 is 0 Å². The van der Waals surface area contributed by atoms with Crippen LogP contribution in [0.4, 0.5) is 0 Å². The minimum atomic E-state index is 0.135. The van der Waals surface area contributed by atoms with E-state index in [1.165, 1.54) is 6.42 Å². The molecular weight excluding hydrogens is 250 g/mol. The molecule has 0 spiro atoms. The topological polar surface area (TPSA) is 48.4 Å². The van der Waals surface area contributed by atoms with Crippen LogP contribution in [0.1, 0.15) is 28.9 Å². The van der Waals surface area contributed by atoms with Crippen LogP contribution < -0.4 is 4.74 Å². The summed E-state index contributed by atoms with van der Waals surface area (Å²) in [4.78, 5) is 14.9. The molecule has 1 aromatic rings. The number of rotatable bonds is 4. The monoisotopic (exact) mass is 261 g/mol. The normalized spacial score (nSPS) is 20.7. The maximum Gasteiger partial charge on any atom is 0.275 e. The minimum absolute atomic E-state index is 0.135. The van der Waals surface area contributed by atoms with Crippen LogP contribution in [-0.4, -0.2) is 30.6 Å². The Morgan fingerprint density at radius 2 is 2.50 bits per heavy atom. The van der Waals surface area contributed by atoms with E-state index >= 15 is 0 Å². The number of hydrogen-bond acceptors (Lipinski definition) is 5. The zero-order valence-corrected chi connectivity index (χ0v) is 10.2. The van der Waals surface area contributed by atoms with Crippen molar-refractivity contribution in [3.63, 3.8) is 0 Å². The molecule has 6 heteroatoms. The van der Waals surface area contributed by atoms with Crippen molar-refractivity contribution in [3.05, 3.63) is 10.0 Å². The van der Waals surface area contributed by atoms with Crippen molar-refractivity contribution in [3.8, 4) is 5.19 Å². The molecule has 1 atom stereocenters. The van der Waals surface area contributed by atoms with Crippen LogP contribution in [0.3, 0.4) is 0 Å². The second-order valence-electron chi connectivity index (χ2n) is 3.55. The largest absolute Gasteiger partial charge is 0.467 e. The number of nitrogens with zero attached hydrogens (tertiary/aromatic N) is 1. The van der Waals surface area contributed by atoms with Gasteiger partial charge in [0, 0.05) is 6.61 Å². The summed E-state index contributed by atoms with van der Waals surface area (Å²) in [5.74, 6) is 0. The molecule has 0 aliphatic carbocycles. The van der Waals surface area contributed by atoms with E-state index in [-0.39, 0.29) is 11.3 Å². The van der Waals surface area contributed by atoms with Crippen molar-refractivity contribution >= 4 is 29.2 Å². The lowest BCUT2D eigenvalue weighted by Gasteiger charge is -2.21. The fraction of sp³-hybridized carbons (Fsp3) is 0.600. The highest BCUT2D eigenvalue weighted by atomic mass is 35.5. The summed E-state index contributed by atoms with van der Waals surface area (Å²) in [6, 6.07) is 0. The molecule has 88 valence electrons. The van der Waals surface area contributed by atoms with Crippen LogP contribution in [0.5, 0.6) is 5.19 Å². The molecule has 1 unspecified atom stereocenters. The predicted molar refractivity (Wildman–Crippen MR) is 61.6 cm³/mol. The van der Waals surface area contributed by atoms with Gasteiger partial charge in [0.25, 0.3) is 5.19 Å². The van der Waals surface area contributed by atoms with E-state index in [1.54, 1.807) is 0 Å². The first-order valence-electron chi connectivity index (χ1n) is 5.15. The lowest BCUT2D eigenvalue weighted by atomic mass is 10.1. The summed E-state index contributed by atoms with van der Waals surface area (Å²) in [5, 5.41) is 0.640. The molecule has 1 aliphatic heterocycles. The van der Waals surface area contributed by atoms with Gasteiger partial charge in [-0.05, 0) is 19.3 Å². The van der Waals surface area contributed by atoms with E-state index in [4.69, 9.17) is 21.1 Å². The maximum atomic E-state index is 10.6. The van der Waals surface area contributed by atoms with Gasteiger partial charge in [0.15, 0.2) is 11.4 Å². The summed E-state index contributed by atoms with van der Waals surface area (Å²) in [6.45, 7) is 1.27. The van der Waals surface area contributed by atoms with Crippen molar-refractivity contribution in [2.45, 2.75) is 25.4 Å². The highest BCUT2D eigenvalue weighted by Gasteiger charge is 2.16. The fourth-order valence-electron chi connectivity index (χ4n) is 1.53. The lowest BCUT2D eigenvalue weighted by molar-refractivity contribution is -0.0111. The van der Waals surface area contributed by atoms with E-state index < -0.39 is 0 Å². The van der Waals surface area contributed by atoms with Gasteiger partial charge in [-0.15, -0.1) is 0 Å². The fourth-order valence-corrected chi connectivity index (χ4v) is 2.45. The standard InChI is InChI=1S/C10H12ClNO3S/c11-9-8(5-13)16-10(12-9)15-6-7-3-1-2-4-14-7/h5,7H,1-4,6H2. The average Bonchev–Trinajstić information content (AvgIpc) is 2.69.